The van der Waals surface area contributed by atoms with E-state index >= 15 is 0 Å². The lowest BCUT2D eigenvalue weighted by atomic mass is 9.87. The molecular formula is C35H28ClN5O3. The Kier molecular flexibility index (Phi) is 6.98. The van der Waals surface area contributed by atoms with Crippen molar-refractivity contribution in [2.24, 2.45) is 0 Å². The van der Waals surface area contributed by atoms with Crippen LogP contribution in [0.15, 0.2) is 109 Å². The molecule has 1 unspecified atom stereocenters. The van der Waals surface area contributed by atoms with E-state index in [1.54, 1.807) is 29.3 Å². The Morgan fingerprint density at radius 2 is 1.73 bits per heavy atom. The first kappa shape index (κ1) is 27.6. The van der Waals surface area contributed by atoms with Crippen LogP contribution in [0.25, 0.3) is 22.5 Å². The highest BCUT2D eigenvalue weighted by Gasteiger charge is 2.59. The van der Waals surface area contributed by atoms with Gasteiger partial charge in [-0.25, -0.2) is 14.7 Å². The zero-order valence-corrected chi connectivity index (χ0v) is 24.4. The number of amides is 4. The monoisotopic (exact) mass is 601 g/mol. The SMILES string of the molecule is O=C(Nc1ccccc1)c1cccc(-c2ccc(CC34CCCN3C(=O)N(c3cc(Cl)nc(-c5ccc[nH]5)c3)C4=O)cc2)c1. The van der Waals surface area contributed by atoms with Crippen LogP contribution in [0.4, 0.5) is 16.2 Å². The van der Waals surface area contributed by atoms with Crippen molar-refractivity contribution in [3.05, 3.63) is 126 Å². The molecule has 2 fully saturated rings. The molecule has 9 heteroatoms. The first-order valence-electron chi connectivity index (χ1n) is 14.4. The summed E-state index contributed by atoms with van der Waals surface area (Å²) >= 11 is 6.34. The molecule has 0 saturated carbocycles. The molecule has 7 rings (SSSR count). The maximum atomic E-state index is 14.1. The number of carbonyl (C=O) groups is 3. The number of fused-ring (bicyclic) bond motifs is 1. The van der Waals surface area contributed by atoms with E-state index in [2.05, 4.69) is 15.3 Å². The fourth-order valence-corrected chi connectivity index (χ4v) is 6.44. The fraction of sp³-hybridized carbons (Fsp3) is 0.143. The van der Waals surface area contributed by atoms with E-state index in [1.165, 1.54) is 4.90 Å². The zero-order valence-electron chi connectivity index (χ0n) is 23.7. The van der Waals surface area contributed by atoms with Gasteiger partial charge in [-0.05, 0) is 78.1 Å². The molecule has 2 aromatic heterocycles. The Hall–Kier alpha value is -5.21. The second kappa shape index (κ2) is 11.1. The Balaban J connectivity index is 1.12. The van der Waals surface area contributed by atoms with Gasteiger partial charge < -0.3 is 15.2 Å². The lowest BCUT2D eigenvalue weighted by Crippen LogP contribution is -2.47. The van der Waals surface area contributed by atoms with Gasteiger partial charge in [0, 0.05) is 30.4 Å². The van der Waals surface area contributed by atoms with Gasteiger partial charge in [-0.15, -0.1) is 0 Å². The number of hydrogen-bond donors (Lipinski definition) is 2. The maximum Gasteiger partial charge on any atom is 0.332 e. The highest BCUT2D eigenvalue weighted by molar-refractivity contribution is 6.30. The van der Waals surface area contributed by atoms with E-state index in [1.807, 2.05) is 84.9 Å². The number of carbonyl (C=O) groups excluding carboxylic acids is 3. The third kappa shape index (κ3) is 4.93. The smallest absolute Gasteiger partial charge is 0.332 e. The summed E-state index contributed by atoms with van der Waals surface area (Å²) < 4.78 is 0. The van der Waals surface area contributed by atoms with E-state index in [0.717, 1.165) is 34.5 Å². The van der Waals surface area contributed by atoms with E-state index in [9.17, 15) is 14.4 Å². The van der Waals surface area contributed by atoms with Crippen LogP contribution < -0.4 is 10.2 Å². The Morgan fingerprint density at radius 1 is 0.909 bits per heavy atom. The number of rotatable bonds is 7. The minimum absolute atomic E-state index is 0.181. The molecule has 8 nitrogen and oxygen atoms in total. The quantitative estimate of drug-likeness (QED) is 0.152. The number of imide groups is 1. The van der Waals surface area contributed by atoms with Crippen LogP contribution in [0.3, 0.4) is 0 Å². The van der Waals surface area contributed by atoms with Gasteiger partial charge in [0.25, 0.3) is 11.8 Å². The molecule has 44 heavy (non-hydrogen) atoms. The summed E-state index contributed by atoms with van der Waals surface area (Å²) in [7, 11) is 0. The lowest BCUT2D eigenvalue weighted by Gasteiger charge is -2.28. The van der Waals surface area contributed by atoms with Crippen LogP contribution in [0.2, 0.25) is 5.15 Å². The third-order valence-electron chi connectivity index (χ3n) is 8.36. The van der Waals surface area contributed by atoms with Crippen LogP contribution in [0.5, 0.6) is 0 Å². The van der Waals surface area contributed by atoms with Crippen molar-refractivity contribution >= 4 is 40.8 Å². The van der Waals surface area contributed by atoms with Gasteiger partial charge >= 0.3 is 6.03 Å². The summed E-state index contributed by atoms with van der Waals surface area (Å²) in [6.45, 7) is 0.513. The first-order chi connectivity index (χ1) is 21.4. The summed E-state index contributed by atoms with van der Waals surface area (Å²) in [4.78, 5) is 51.0. The minimum Gasteiger partial charge on any atom is -0.360 e. The number of urea groups is 1. The van der Waals surface area contributed by atoms with Gasteiger partial charge in [-0.3, -0.25) is 9.59 Å². The molecule has 1 atom stereocenters. The molecule has 218 valence electrons. The summed E-state index contributed by atoms with van der Waals surface area (Å²) in [6.07, 6.45) is 3.51. The molecule has 0 spiro atoms. The maximum absolute atomic E-state index is 14.1. The van der Waals surface area contributed by atoms with E-state index in [0.29, 0.717) is 36.3 Å². The molecule has 3 aromatic carbocycles. The normalized spacial score (nSPS) is 17.7. The van der Waals surface area contributed by atoms with E-state index in [-0.39, 0.29) is 23.0 Å². The summed E-state index contributed by atoms with van der Waals surface area (Å²) in [5, 5.41) is 3.12. The number of para-hydroxylation sites is 1. The number of aromatic nitrogens is 2. The number of halogens is 1. The van der Waals surface area contributed by atoms with Crippen molar-refractivity contribution in [3.63, 3.8) is 0 Å². The zero-order chi connectivity index (χ0) is 30.3. The molecule has 4 amide bonds. The number of H-pyrrole nitrogens is 1. The topological polar surface area (TPSA) is 98.4 Å². The fourth-order valence-electron chi connectivity index (χ4n) is 6.24. The van der Waals surface area contributed by atoms with Crippen LogP contribution in [0.1, 0.15) is 28.8 Å². The van der Waals surface area contributed by atoms with Gasteiger partial charge in [-0.1, -0.05) is 66.2 Å². The van der Waals surface area contributed by atoms with Gasteiger partial charge in [0.05, 0.1) is 17.1 Å². The molecule has 2 N–H and O–H groups in total. The molecule has 0 radical (unpaired) electrons. The number of pyridine rings is 1. The Labute approximate surface area is 259 Å². The minimum atomic E-state index is -0.962. The van der Waals surface area contributed by atoms with E-state index in [4.69, 9.17) is 11.6 Å². The van der Waals surface area contributed by atoms with Crippen LogP contribution in [-0.4, -0.2) is 44.8 Å². The average molecular weight is 602 g/mol. The number of nitrogens with zero attached hydrogens (tertiary/aromatic N) is 3. The van der Waals surface area contributed by atoms with E-state index < -0.39 is 5.54 Å². The number of benzene rings is 3. The number of hydrogen-bond acceptors (Lipinski definition) is 4. The van der Waals surface area contributed by atoms with Crippen molar-refractivity contribution in [2.75, 3.05) is 16.8 Å². The second-order valence-corrected chi connectivity index (χ2v) is 11.5. The van der Waals surface area contributed by atoms with Crippen molar-refractivity contribution in [2.45, 2.75) is 24.8 Å². The number of aromatic amines is 1. The molecule has 2 saturated heterocycles. The van der Waals surface area contributed by atoms with Gasteiger partial charge in [0.2, 0.25) is 0 Å². The summed E-state index contributed by atoms with van der Waals surface area (Å²) in [5.74, 6) is -0.430. The van der Waals surface area contributed by atoms with Crippen LogP contribution >= 0.6 is 11.6 Å². The Morgan fingerprint density at radius 3 is 2.50 bits per heavy atom. The number of nitrogens with one attached hydrogen (secondary N) is 2. The highest BCUT2D eigenvalue weighted by atomic mass is 35.5. The lowest BCUT2D eigenvalue weighted by molar-refractivity contribution is -0.123. The van der Waals surface area contributed by atoms with Crippen molar-refractivity contribution in [1.82, 2.24) is 14.9 Å². The van der Waals surface area contributed by atoms with Gasteiger partial charge in [0.15, 0.2) is 0 Å². The molecule has 0 aliphatic carbocycles. The molecule has 4 heterocycles. The van der Waals surface area contributed by atoms with Gasteiger partial charge in [0.1, 0.15) is 10.7 Å². The van der Waals surface area contributed by atoms with Crippen molar-refractivity contribution in [1.29, 1.82) is 0 Å². The summed E-state index contributed by atoms with van der Waals surface area (Å²) in [5.41, 5.74) is 4.83. The average Bonchev–Trinajstić information content (AvgIpc) is 3.77. The van der Waals surface area contributed by atoms with Crippen LogP contribution in [-0.2, 0) is 11.2 Å². The first-order valence-corrected chi connectivity index (χ1v) is 14.8. The second-order valence-electron chi connectivity index (χ2n) is 11.1. The predicted octanol–water partition coefficient (Wildman–Crippen LogP) is 7.19. The standard InChI is InChI=1S/C35H28ClN5O3/c36-31-21-28(20-30(39-31)29-11-5-17-37-29)41-33(43)35(16-6-18-40(35)34(41)44)22-23-12-14-24(15-13-23)25-7-4-8-26(19-25)32(42)38-27-9-2-1-3-10-27/h1-5,7-15,17,19-21,37H,6,16,18,22H2,(H,38,42). The molecule has 2 aliphatic rings. The third-order valence-corrected chi connectivity index (χ3v) is 8.56. The van der Waals surface area contributed by atoms with Crippen molar-refractivity contribution in [3.8, 4) is 22.5 Å². The highest BCUT2D eigenvalue weighted by Crippen LogP contribution is 2.43. The molecule has 5 aromatic rings. The Bertz CT molecular complexity index is 1870. The summed E-state index contributed by atoms with van der Waals surface area (Å²) in [6, 6.07) is 31.4. The van der Waals surface area contributed by atoms with Crippen LogP contribution in [0, 0.1) is 0 Å². The molecule has 0 bridgehead atoms. The van der Waals surface area contributed by atoms with Gasteiger partial charge in [-0.2, -0.15) is 0 Å². The number of anilines is 2. The molecular weight excluding hydrogens is 574 g/mol. The largest absolute Gasteiger partial charge is 0.360 e. The molecule has 2 aliphatic heterocycles. The van der Waals surface area contributed by atoms with Crippen molar-refractivity contribution < 1.29 is 14.4 Å². The predicted molar refractivity (Wildman–Crippen MR) is 171 cm³/mol.